The number of anilines is 1. The van der Waals surface area contributed by atoms with Crippen molar-refractivity contribution in [3.8, 4) is 0 Å². The summed E-state index contributed by atoms with van der Waals surface area (Å²) < 4.78 is 7.24. The molecular formula is C25H28N4O3. The van der Waals surface area contributed by atoms with E-state index in [9.17, 15) is 9.59 Å². The second-order valence-electron chi connectivity index (χ2n) is 8.55. The summed E-state index contributed by atoms with van der Waals surface area (Å²) in [6, 6.07) is 15.6. The van der Waals surface area contributed by atoms with Crippen molar-refractivity contribution in [2.45, 2.75) is 38.3 Å². The van der Waals surface area contributed by atoms with Crippen molar-refractivity contribution in [3.05, 3.63) is 70.3 Å². The van der Waals surface area contributed by atoms with E-state index in [1.54, 1.807) is 0 Å². The van der Waals surface area contributed by atoms with E-state index in [1.807, 2.05) is 47.0 Å². The van der Waals surface area contributed by atoms with Crippen LogP contribution in [-0.2, 0) is 22.5 Å². The molecule has 1 aromatic heterocycles. The highest BCUT2D eigenvalue weighted by molar-refractivity contribution is 5.91. The van der Waals surface area contributed by atoms with E-state index in [0.29, 0.717) is 23.1 Å². The first-order valence-electron chi connectivity index (χ1n) is 11.4. The predicted octanol–water partition coefficient (Wildman–Crippen LogP) is 3.13. The molecule has 2 aromatic carbocycles. The normalized spacial score (nSPS) is 16.9. The number of aromatic nitrogens is 2. The van der Waals surface area contributed by atoms with Crippen LogP contribution in [0, 0.1) is 0 Å². The molecule has 0 spiro atoms. The zero-order valence-electron chi connectivity index (χ0n) is 18.1. The number of aryl methyl sites for hydroxylation is 1. The van der Waals surface area contributed by atoms with Crippen LogP contribution in [0.15, 0.2) is 53.3 Å². The van der Waals surface area contributed by atoms with Crippen LogP contribution in [0.25, 0.3) is 10.9 Å². The molecule has 3 aromatic rings. The van der Waals surface area contributed by atoms with E-state index >= 15 is 0 Å². The number of nitrogens with zero attached hydrogens (tertiary/aromatic N) is 3. The summed E-state index contributed by atoms with van der Waals surface area (Å²) in [5.41, 5.74) is 2.64. The number of fused-ring (bicyclic) bond motifs is 1. The fourth-order valence-corrected chi connectivity index (χ4v) is 4.30. The highest BCUT2D eigenvalue weighted by Gasteiger charge is 2.28. The lowest BCUT2D eigenvalue weighted by molar-refractivity contribution is -0.116. The van der Waals surface area contributed by atoms with E-state index in [4.69, 9.17) is 9.72 Å². The van der Waals surface area contributed by atoms with Crippen molar-refractivity contribution in [1.29, 1.82) is 0 Å². The Hall–Kier alpha value is -3.03. The van der Waals surface area contributed by atoms with Crippen LogP contribution in [-0.4, -0.2) is 46.7 Å². The summed E-state index contributed by atoms with van der Waals surface area (Å²) >= 11 is 0. The fraction of sp³-hybridized carbons (Fsp3) is 0.400. The Balaban J connectivity index is 1.29. The molecule has 1 N–H and O–H groups in total. The molecule has 5 rings (SSSR count). The van der Waals surface area contributed by atoms with Crippen LogP contribution in [0.5, 0.6) is 0 Å². The largest absolute Gasteiger partial charge is 0.379 e. The van der Waals surface area contributed by atoms with Gasteiger partial charge < -0.3 is 10.1 Å². The molecule has 0 unspecified atom stereocenters. The van der Waals surface area contributed by atoms with Gasteiger partial charge in [0.15, 0.2) is 0 Å². The zero-order valence-corrected chi connectivity index (χ0v) is 18.1. The Morgan fingerprint density at radius 1 is 1.06 bits per heavy atom. The topological polar surface area (TPSA) is 76.5 Å². The van der Waals surface area contributed by atoms with Crippen molar-refractivity contribution in [3.63, 3.8) is 0 Å². The van der Waals surface area contributed by atoms with E-state index in [1.165, 1.54) is 0 Å². The Morgan fingerprint density at radius 3 is 2.62 bits per heavy atom. The highest BCUT2D eigenvalue weighted by Crippen LogP contribution is 2.35. The Kier molecular flexibility index (Phi) is 6.01. The summed E-state index contributed by atoms with van der Waals surface area (Å²) in [5, 5.41) is 3.72. The smallest absolute Gasteiger partial charge is 0.261 e. The Labute approximate surface area is 187 Å². The van der Waals surface area contributed by atoms with Gasteiger partial charge in [0.05, 0.1) is 24.1 Å². The van der Waals surface area contributed by atoms with Gasteiger partial charge in [-0.15, -0.1) is 0 Å². The lowest BCUT2D eigenvalue weighted by atomic mass is 10.1. The van der Waals surface area contributed by atoms with Crippen LogP contribution < -0.4 is 10.9 Å². The number of ether oxygens (including phenoxy) is 1. The number of morpholine rings is 1. The van der Waals surface area contributed by atoms with Crippen LogP contribution >= 0.6 is 0 Å². The molecule has 1 saturated carbocycles. The second kappa shape index (κ2) is 9.22. The van der Waals surface area contributed by atoms with Crippen molar-refractivity contribution in [2.24, 2.45) is 0 Å². The first kappa shape index (κ1) is 20.8. The molecule has 1 aliphatic heterocycles. The standard InChI is InChI=1S/C25H28N4O3/c30-24(27-21-7-3-1-5-18(21)17-28-13-15-32-16-14-28)12-11-23-26-22-8-4-2-6-20(22)25(31)29(23)19-9-10-19/h1-8,19H,9-17H2,(H,27,30). The maximum Gasteiger partial charge on any atom is 0.261 e. The molecule has 1 amide bonds. The van der Waals surface area contributed by atoms with Crippen LogP contribution in [0.2, 0.25) is 0 Å². The van der Waals surface area contributed by atoms with E-state index in [-0.39, 0.29) is 23.9 Å². The second-order valence-corrected chi connectivity index (χ2v) is 8.55. The van der Waals surface area contributed by atoms with Crippen LogP contribution in [0.4, 0.5) is 5.69 Å². The van der Waals surface area contributed by atoms with Gasteiger partial charge in [-0.1, -0.05) is 30.3 Å². The van der Waals surface area contributed by atoms with E-state index in [2.05, 4.69) is 16.3 Å². The lowest BCUT2D eigenvalue weighted by Gasteiger charge is -2.27. The van der Waals surface area contributed by atoms with Crippen molar-refractivity contribution < 1.29 is 9.53 Å². The maximum atomic E-state index is 13.0. The van der Waals surface area contributed by atoms with Gasteiger partial charge in [0.2, 0.25) is 5.91 Å². The average Bonchev–Trinajstić information content (AvgIpc) is 3.65. The molecule has 1 aliphatic carbocycles. The molecule has 0 radical (unpaired) electrons. The Bertz CT molecular complexity index is 1180. The number of amides is 1. The SMILES string of the molecule is O=C(CCc1nc2ccccc2c(=O)n1C1CC1)Nc1ccccc1CN1CCOCC1. The summed E-state index contributed by atoms with van der Waals surface area (Å²) in [6.07, 6.45) is 2.71. The fourth-order valence-electron chi connectivity index (χ4n) is 4.30. The minimum atomic E-state index is -0.0656. The first-order chi connectivity index (χ1) is 15.7. The maximum absolute atomic E-state index is 13.0. The predicted molar refractivity (Wildman–Crippen MR) is 124 cm³/mol. The molecule has 7 heteroatoms. The molecule has 2 aliphatic rings. The number of benzene rings is 2. The molecule has 32 heavy (non-hydrogen) atoms. The van der Waals surface area contributed by atoms with Crippen molar-refractivity contribution in [1.82, 2.24) is 14.5 Å². The molecular weight excluding hydrogens is 404 g/mol. The third-order valence-electron chi connectivity index (χ3n) is 6.16. The molecule has 166 valence electrons. The summed E-state index contributed by atoms with van der Waals surface area (Å²) in [7, 11) is 0. The van der Waals surface area contributed by atoms with Gasteiger partial charge in [0.25, 0.3) is 5.56 Å². The number of para-hydroxylation sites is 2. The number of carbonyl (C=O) groups excluding carboxylic acids is 1. The number of nitrogens with one attached hydrogen (secondary N) is 1. The van der Waals surface area contributed by atoms with Gasteiger partial charge >= 0.3 is 0 Å². The minimum Gasteiger partial charge on any atom is -0.379 e. The first-order valence-corrected chi connectivity index (χ1v) is 11.4. The van der Waals surface area contributed by atoms with Gasteiger partial charge in [-0.25, -0.2) is 4.98 Å². The van der Waals surface area contributed by atoms with Gasteiger partial charge in [0, 0.05) is 44.2 Å². The molecule has 0 atom stereocenters. The minimum absolute atomic E-state index is 0.00404. The highest BCUT2D eigenvalue weighted by atomic mass is 16.5. The van der Waals surface area contributed by atoms with E-state index < -0.39 is 0 Å². The molecule has 7 nitrogen and oxygen atoms in total. The number of rotatable bonds is 7. The summed E-state index contributed by atoms with van der Waals surface area (Å²) in [4.78, 5) is 32.9. The van der Waals surface area contributed by atoms with Crippen LogP contribution in [0.1, 0.15) is 36.7 Å². The third-order valence-corrected chi connectivity index (χ3v) is 6.16. The third kappa shape index (κ3) is 4.59. The number of hydrogen-bond donors (Lipinski definition) is 1. The average molecular weight is 433 g/mol. The molecule has 0 bridgehead atoms. The molecule has 2 fully saturated rings. The van der Waals surface area contributed by atoms with Gasteiger partial charge in [0.1, 0.15) is 5.82 Å². The lowest BCUT2D eigenvalue weighted by Crippen LogP contribution is -2.35. The quantitative estimate of drug-likeness (QED) is 0.621. The zero-order chi connectivity index (χ0) is 21.9. The van der Waals surface area contributed by atoms with E-state index in [0.717, 1.165) is 56.9 Å². The molecule has 1 saturated heterocycles. The van der Waals surface area contributed by atoms with Gasteiger partial charge in [-0.05, 0) is 36.6 Å². The van der Waals surface area contributed by atoms with Crippen molar-refractivity contribution >= 4 is 22.5 Å². The van der Waals surface area contributed by atoms with Gasteiger partial charge in [-0.2, -0.15) is 0 Å². The number of hydrogen-bond acceptors (Lipinski definition) is 5. The molecule has 2 heterocycles. The monoisotopic (exact) mass is 432 g/mol. The Morgan fingerprint density at radius 2 is 1.81 bits per heavy atom. The summed E-state index contributed by atoms with van der Waals surface area (Å²) in [5.74, 6) is 0.636. The number of carbonyl (C=O) groups is 1. The summed E-state index contributed by atoms with van der Waals surface area (Å²) in [6.45, 7) is 4.07. The van der Waals surface area contributed by atoms with Crippen molar-refractivity contribution in [2.75, 3.05) is 31.6 Å². The van der Waals surface area contributed by atoms with Crippen LogP contribution in [0.3, 0.4) is 0 Å². The van der Waals surface area contributed by atoms with Gasteiger partial charge in [-0.3, -0.25) is 19.1 Å².